The summed E-state index contributed by atoms with van der Waals surface area (Å²) < 4.78 is 1.93. The number of aromatic nitrogens is 3. The molecule has 3 aromatic rings. The van der Waals surface area contributed by atoms with Gasteiger partial charge in [0, 0.05) is 11.6 Å². The molecule has 0 bridgehead atoms. The first kappa shape index (κ1) is 10.9. The predicted molar refractivity (Wildman–Crippen MR) is 74.8 cm³/mol. The van der Waals surface area contributed by atoms with Gasteiger partial charge in [-0.05, 0) is 18.2 Å². The van der Waals surface area contributed by atoms with Crippen LogP contribution in [0.1, 0.15) is 5.69 Å². The largest absolute Gasteiger partial charge is 0.388 e. The molecule has 5 heteroatoms. The van der Waals surface area contributed by atoms with Crippen LogP contribution >= 0.6 is 12.2 Å². The fourth-order valence-electron chi connectivity index (χ4n) is 1.98. The third-order valence-corrected chi connectivity index (χ3v) is 3.00. The van der Waals surface area contributed by atoms with Crippen molar-refractivity contribution < 1.29 is 0 Å². The summed E-state index contributed by atoms with van der Waals surface area (Å²) in [6, 6.07) is 11.6. The summed E-state index contributed by atoms with van der Waals surface area (Å²) in [4.78, 5) is 0.362. The topological polar surface area (TPSA) is 56.7 Å². The van der Waals surface area contributed by atoms with E-state index in [1.165, 1.54) is 0 Å². The van der Waals surface area contributed by atoms with E-state index >= 15 is 0 Å². The van der Waals surface area contributed by atoms with Crippen molar-refractivity contribution in [1.29, 1.82) is 0 Å². The molecule has 0 saturated heterocycles. The molecule has 0 aliphatic rings. The number of fused-ring (bicyclic) bond motifs is 1. The van der Waals surface area contributed by atoms with Crippen LogP contribution in [0.4, 0.5) is 0 Å². The van der Waals surface area contributed by atoms with Crippen LogP contribution in [0.3, 0.4) is 0 Å². The maximum atomic E-state index is 5.71. The summed E-state index contributed by atoms with van der Waals surface area (Å²) in [5.74, 6) is 0. The number of benzene rings is 1. The lowest BCUT2D eigenvalue weighted by atomic mass is 10.2. The van der Waals surface area contributed by atoms with Crippen LogP contribution < -0.4 is 5.73 Å². The van der Waals surface area contributed by atoms with Crippen LogP contribution in [0.15, 0.2) is 48.8 Å². The van der Waals surface area contributed by atoms with E-state index in [0.29, 0.717) is 4.99 Å². The molecule has 0 aliphatic carbocycles. The molecule has 4 nitrogen and oxygen atoms in total. The molecule has 0 saturated carbocycles. The van der Waals surface area contributed by atoms with E-state index in [1.54, 1.807) is 6.20 Å². The molecule has 0 atom stereocenters. The van der Waals surface area contributed by atoms with E-state index in [2.05, 4.69) is 10.2 Å². The Morgan fingerprint density at radius 2 is 2.00 bits per heavy atom. The van der Waals surface area contributed by atoms with Gasteiger partial charge in [0.25, 0.3) is 0 Å². The van der Waals surface area contributed by atoms with Crippen molar-refractivity contribution in [2.45, 2.75) is 0 Å². The summed E-state index contributed by atoms with van der Waals surface area (Å²) in [5.41, 5.74) is 8.28. The normalized spacial score (nSPS) is 10.7. The van der Waals surface area contributed by atoms with Crippen molar-refractivity contribution in [3.63, 3.8) is 0 Å². The molecule has 0 aliphatic heterocycles. The first-order valence-corrected chi connectivity index (χ1v) is 5.86. The van der Waals surface area contributed by atoms with Crippen LogP contribution in [0, 0.1) is 0 Å². The average Bonchev–Trinajstić information content (AvgIpc) is 2.87. The van der Waals surface area contributed by atoms with Gasteiger partial charge in [-0.15, -0.1) is 0 Å². The molecule has 0 radical (unpaired) electrons. The summed E-state index contributed by atoms with van der Waals surface area (Å²) in [5, 5.41) is 9.13. The minimum absolute atomic E-state index is 0.362. The van der Waals surface area contributed by atoms with E-state index in [1.807, 2.05) is 47.2 Å². The van der Waals surface area contributed by atoms with E-state index in [-0.39, 0.29) is 0 Å². The summed E-state index contributed by atoms with van der Waals surface area (Å²) in [6.45, 7) is 0. The van der Waals surface area contributed by atoms with Gasteiger partial charge in [0.2, 0.25) is 0 Å². The van der Waals surface area contributed by atoms with Crippen molar-refractivity contribution in [3.05, 3.63) is 54.5 Å². The highest BCUT2D eigenvalue weighted by atomic mass is 32.1. The van der Waals surface area contributed by atoms with Crippen molar-refractivity contribution in [2.75, 3.05) is 0 Å². The average molecular weight is 254 g/mol. The smallest absolute Gasteiger partial charge is 0.121 e. The molecule has 0 unspecified atom stereocenters. The number of hydrogen-bond acceptors (Lipinski definition) is 3. The van der Waals surface area contributed by atoms with E-state index < -0.39 is 0 Å². The highest BCUT2D eigenvalue weighted by Crippen LogP contribution is 2.21. The Balaban J connectivity index is 2.32. The zero-order chi connectivity index (χ0) is 12.5. The van der Waals surface area contributed by atoms with Gasteiger partial charge in [-0.2, -0.15) is 10.2 Å². The quantitative estimate of drug-likeness (QED) is 0.711. The monoisotopic (exact) mass is 254 g/mol. The molecule has 88 valence electrons. The minimum Gasteiger partial charge on any atom is -0.388 e. The highest BCUT2D eigenvalue weighted by Gasteiger charge is 2.09. The van der Waals surface area contributed by atoms with Crippen LogP contribution in [0.2, 0.25) is 0 Å². The number of hydrogen-bond donors (Lipinski definition) is 1. The SMILES string of the molecule is NC(=S)c1cccn1-c1cnnc2ccccc12. The summed E-state index contributed by atoms with van der Waals surface area (Å²) in [7, 11) is 0. The molecule has 18 heavy (non-hydrogen) atoms. The van der Waals surface area contributed by atoms with Gasteiger partial charge in [-0.3, -0.25) is 0 Å². The molecule has 0 fully saturated rings. The molecule has 1 aromatic carbocycles. The molecular formula is C13H10N4S. The minimum atomic E-state index is 0.362. The Hall–Kier alpha value is -2.27. The van der Waals surface area contributed by atoms with E-state index in [0.717, 1.165) is 22.3 Å². The van der Waals surface area contributed by atoms with Crippen molar-refractivity contribution in [2.24, 2.45) is 5.73 Å². The number of thiocarbonyl (C=S) groups is 1. The molecule has 0 spiro atoms. The van der Waals surface area contributed by atoms with Crippen molar-refractivity contribution >= 4 is 28.1 Å². The third-order valence-electron chi connectivity index (χ3n) is 2.79. The van der Waals surface area contributed by atoms with Gasteiger partial charge >= 0.3 is 0 Å². The van der Waals surface area contributed by atoms with Gasteiger partial charge < -0.3 is 10.3 Å². The fraction of sp³-hybridized carbons (Fsp3) is 0. The number of nitrogens with zero attached hydrogens (tertiary/aromatic N) is 3. The van der Waals surface area contributed by atoms with Crippen LogP contribution in [-0.4, -0.2) is 19.8 Å². The summed E-state index contributed by atoms with van der Waals surface area (Å²) >= 11 is 5.05. The Morgan fingerprint density at radius 3 is 2.83 bits per heavy atom. The molecule has 2 heterocycles. The van der Waals surface area contributed by atoms with Crippen molar-refractivity contribution in [1.82, 2.24) is 14.8 Å². The van der Waals surface area contributed by atoms with Crippen LogP contribution in [0.25, 0.3) is 16.6 Å². The van der Waals surface area contributed by atoms with E-state index in [9.17, 15) is 0 Å². The Morgan fingerprint density at radius 1 is 1.17 bits per heavy atom. The lowest BCUT2D eigenvalue weighted by Crippen LogP contribution is -2.14. The first-order chi connectivity index (χ1) is 8.77. The molecule has 2 aromatic heterocycles. The fourth-order valence-corrected chi connectivity index (χ4v) is 2.14. The number of nitrogens with two attached hydrogens (primary N) is 1. The van der Waals surface area contributed by atoms with Crippen molar-refractivity contribution in [3.8, 4) is 5.69 Å². The highest BCUT2D eigenvalue weighted by molar-refractivity contribution is 7.80. The zero-order valence-corrected chi connectivity index (χ0v) is 10.3. The lowest BCUT2D eigenvalue weighted by molar-refractivity contribution is 1.01. The van der Waals surface area contributed by atoms with Crippen LogP contribution in [-0.2, 0) is 0 Å². The maximum absolute atomic E-state index is 5.71. The maximum Gasteiger partial charge on any atom is 0.121 e. The van der Waals surface area contributed by atoms with E-state index in [4.69, 9.17) is 18.0 Å². The zero-order valence-electron chi connectivity index (χ0n) is 9.45. The Bertz CT molecular complexity index is 727. The lowest BCUT2D eigenvalue weighted by Gasteiger charge is -2.09. The van der Waals surface area contributed by atoms with Crippen LogP contribution in [0.5, 0.6) is 0 Å². The van der Waals surface area contributed by atoms with Gasteiger partial charge in [-0.1, -0.05) is 30.4 Å². The number of rotatable bonds is 2. The van der Waals surface area contributed by atoms with Gasteiger partial charge in [0.1, 0.15) is 4.99 Å². The second-order valence-electron chi connectivity index (χ2n) is 3.87. The molecule has 0 amide bonds. The Kier molecular flexibility index (Phi) is 2.53. The molecule has 2 N–H and O–H groups in total. The second-order valence-corrected chi connectivity index (χ2v) is 4.31. The molecule has 3 rings (SSSR count). The van der Waals surface area contributed by atoms with Gasteiger partial charge in [-0.25, -0.2) is 0 Å². The predicted octanol–water partition coefficient (Wildman–Crippen LogP) is 2.05. The second kappa shape index (κ2) is 4.19. The third kappa shape index (κ3) is 1.65. The Labute approximate surface area is 109 Å². The van der Waals surface area contributed by atoms with Gasteiger partial charge in [0.05, 0.1) is 23.1 Å². The first-order valence-electron chi connectivity index (χ1n) is 5.45. The summed E-state index contributed by atoms with van der Waals surface area (Å²) in [6.07, 6.45) is 3.63. The molecular weight excluding hydrogens is 244 g/mol. The standard InChI is InChI=1S/C13H10N4S/c14-13(18)11-6-3-7-17(11)12-8-15-16-10-5-2-1-4-9(10)12/h1-8H,(H2,14,18). The van der Waals surface area contributed by atoms with Gasteiger partial charge in [0.15, 0.2) is 0 Å².